The third kappa shape index (κ3) is 3.41. The van der Waals surface area contributed by atoms with Crippen LogP contribution in [0.2, 0.25) is 0 Å². The van der Waals surface area contributed by atoms with Gasteiger partial charge in [-0.25, -0.2) is 9.59 Å². The maximum atomic E-state index is 13.4. The number of rotatable bonds is 5. The van der Waals surface area contributed by atoms with Crippen LogP contribution in [0.1, 0.15) is 27.5 Å². The molecule has 2 heterocycles. The van der Waals surface area contributed by atoms with Gasteiger partial charge in [0.1, 0.15) is 0 Å². The molecule has 32 heavy (non-hydrogen) atoms. The van der Waals surface area contributed by atoms with Crippen LogP contribution in [0.15, 0.2) is 76.3 Å². The van der Waals surface area contributed by atoms with E-state index < -0.39 is 23.3 Å². The lowest BCUT2D eigenvalue weighted by molar-refractivity contribution is 0.0697. The lowest BCUT2D eigenvalue weighted by atomic mass is 9.98. The van der Waals surface area contributed by atoms with Crippen molar-refractivity contribution in [3.05, 3.63) is 104 Å². The average Bonchev–Trinajstić information content (AvgIpc) is 3.26. The number of hydrogen-bond acceptors (Lipinski definition) is 5. The molecule has 2 N–H and O–H groups in total. The quantitative estimate of drug-likeness (QED) is 0.504. The summed E-state index contributed by atoms with van der Waals surface area (Å²) in [6, 6.07) is 18.2. The van der Waals surface area contributed by atoms with E-state index in [4.69, 9.17) is 9.47 Å². The molecule has 0 fully saturated rings. The SMILES string of the molecule is O=C(O)c1ccc2[nH]c(=O)n(C(Cc3ccc4c(c3)OCO4)c3ccccc3)c(=O)c2c1. The molecule has 0 radical (unpaired) electrons. The predicted octanol–water partition coefficient (Wildman–Crippen LogP) is 2.95. The van der Waals surface area contributed by atoms with E-state index in [0.717, 1.165) is 15.7 Å². The van der Waals surface area contributed by atoms with Crippen LogP contribution in [0.3, 0.4) is 0 Å². The molecule has 5 rings (SSSR count). The zero-order valence-corrected chi connectivity index (χ0v) is 16.8. The minimum absolute atomic E-state index is 0.0276. The van der Waals surface area contributed by atoms with Crippen molar-refractivity contribution in [3.63, 3.8) is 0 Å². The van der Waals surface area contributed by atoms with Gasteiger partial charge >= 0.3 is 11.7 Å². The largest absolute Gasteiger partial charge is 0.478 e. The first-order valence-electron chi connectivity index (χ1n) is 9.96. The number of carboxylic acid groups (broad SMARTS) is 1. The molecule has 0 saturated heterocycles. The van der Waals surface area contributed by atoms with Gasteiger partial charge in [-0.2, -0.15) is 0 Å². The Morgan fingerprint density at radius 3 is 2.56 bits per heavy atom. The van der Waals surface area contributed by atoms with Gasteiger partial charge in [0.2, 0.25) is 6.79 Å². The monoisotopic (exact) mass is 430 g/mol. The normalized spacial score (nSPS) is 13.2. The molecule has 1 unspecified atom stereocenters. The van der Waals surface area contributed by atoms with E-state index in [0.29, 0.717) is 17.9 Å². The Morgan fingerprint density at radius 2 is 1.78 bits per heavy atom. The maximum Gasteiger partial charge on any atom is 0.335 e. The number of hydrogen-bond donors (Lipinski definition) is 2. The van der Waals surface area contributed by atoms with Crippen LogP contribution < -0.4 is 20.7 Å². The molecule has 4 aromatic rings. The molecule has 8 heteroatoms. The van der Waals surface area contributed by atoms with Gasteiger partial charge in [-0.1, -0.05) is 36.4 Å². The molecular formula is C24H18N2O6. The van der Waals surface area contributed by atoms with Crippen LogP contribution >= 0.6 is 0 Å². The Kier molecular flexibility index (Phi) is 4.74. The highest BCUT2D eigenvalue weighted by Gasteiger charge is 2.22. The summed E-state index contributed by atoms with van der Waals surface area (Å²) in [4.78, 5) is 40.5. The van der Waals surface area contributed by atoms with Crippen LogP contribution in [-0.2, 0) is 6.42 Å². The molecule has 0 saturated carbocycles. The summed E-state index contributed by atoms with van der Waals surface area (Å²) in [7, 11) is 0. The van der Waals surface area contributed by atoms with Gasteiger partial charge < -0.3 is 19.6 Å². The number of nitrogens with zero attached hydrogens (tertiary/aromatic N) is 1. The number of ether oxygens (including phenoxy) is 2. The van der Waals surface area contributed by atoms with Gasteiger partial charge in [0.25, 0.3) is 5.56 Å². The number of nitrogens with one attached hydrogen (secondary N) is 1. The molecule has 1 aliphatic rings. The van der Waals surface area contributed by atoms with Crippen LogP contribution in [0, 0.1) is 0 Å². The maximum absolute atomic E-state index is 13.4. The highest BCUT2D eigenvalue weighted by Crippen LogP contribution is 2.34. The van der Waals surface area contributed by atoms with E-state index in [-0.39, 0.29) is 23.3 Å². The molecule has 1 aliphatic heterocycles. The molecule has 1 aromatic heterocycles. The van der Waals surface area contributed by atoms with Gasteiger partial charge in [-0.15, -0.1) is 0 Å². The van der Waals surface area contributed by atoms with Gasteiger partial charge in [-0.05, 0) is 47.9 Å². The summed E-state index contributed by atoms with van der Waals surface area (Å²) in [6.45, 7) is 0.149. The van der Waals surface area contributed by atoms with Crippen molar-refractivity contribution >= 4 is 16.9 Å². The van der Waals surface area contributed by atoms with E-state index in [9.17, 15) is 19.5 Å². The minimum atomic E-state index is -1.15. The smallest absolute Gasteiger partial charge is 0.335 e. The molecule has 3 aromatic carbocycles. The molecule has 0 bridgehead atoms. The first-order valence-corrected chi connectivity index (χ1v) is 9.96. The summed E-state index contributed by atoms with van der Waals surface area (Å²) < 4.78 is 12.0. The summed E-state index contributed by atoms with van der Waals surface area (Å²) in [5.74, 6) is 0.108. The number of carbonyl (C=O) groups is 1. The molecular weight excluding hydrogens is 412 g/mol. The topological polar surface area (TPSA) is 111 Å². The van der Waals surface area contributed by atoms with Crippen LogP contribution in [-0.4, -0.2) is 27.4 Å². The van der Waals surface area contributed by atoms with Gasteiger partial charge in [0, 0.05) is 0 Å². The molecule has 8 nitrogen and oxygen atoms in total. The highest BCUT2D eigenvalue weighted by atomic mass is 16.7. The molecule has 0 aliphatic carbocycles. The van der Waals surface area contributed by atoms with Crippen molar-refractivity contribution in [1.29, 1.82) is 0 Å². The van der Waals surface area contributed by atoms with Crippen LogP contribution in [0.5, 0.6) is 11.5 Å². The van der Waals surface area contributed by atoms with Crippen molar-refractivity contribution in [3.8, 4) is 11.5 Å². The van der Waals surface area contributed by atoms with Gasteiger partial charge in [0.15, 0.2) is 11.5 Å². The third-order valence-electron chi connectivity index (χ3n) is 5.54. The minimum Gasteiger partial charge on any atom is -0.478 e. The Hall–Kier alpha value is -4.33. The molecule has 160 valence electrons. The fourth-order valence-electron chi connectivity index (χ4n) is 3.97. The highest BCUT2D eigenvalue weighted by molar-refractivity contribution is 5.92. The van der Waals surface area contributed by atoms with E-state index in [1.807, 2.05) is 42.5 Å². The summed E-state index contributed by atoms with van der Waals surface area (Å²) in [6.07, 6.45) is 0.341. The Bertz CT molecular complexity index is 1460. The fraction of sp³-hybridized carbons (Fsp3) is 0.125. The van der Waals surface area contributed by atoms with Gasteiger partial charge in [-0.3, -0.25) is 9.36 Å². The number of carboxylic acids is 1. The Labute approximate surface area is 181 Å². The van der Waals surface area contributed by atoms with Gasteiger partial charge in [0.05, 0.1) is 22.5 Å². The van der Waals surface area contributed by atoms with Crippen LogP contribution in [0.4, 0.5) is 0 Å². The number of fused-ring (bicyclic) bond motifs is 2. The van der Waals surface area contributed by atoms with E-state index >= 15 is 0 Å². The van der Waals surface area contributed by atoms with E-state index in [2.05, 4.69) is 4.98 Å². The predicted molar refractivity (Wildman–Crippen MR) is 117 cm³/mol. The van der Waals surface area contributed by atoms with Crippen molar-refractivity contribution < 1.29 is 19.4 Å². The zero-order chi connectivity index (χ0) is 22.2. The number of aromatic amines is 1. The first kappa shape index (κ1) is 19.6. The van der Waals surface area contributed by atoms with Crippen molar-refractivity contribution in [1.82, 2.24) is 9.55 Å². The van der Waals surface area contributed by atoms with Crippen molar-refractivity contribution in [2.45, 2.75) is 12.5 Å². The second kappa shape index (κ2) is 7.73. The molecule has 1 atom stereocenters. The lowest BCUT2D eigenvalue weighted by Crippen LogP contribution is -2.39. The van der Waals surface area contributed by atoms with Crippen molar-refractivity contribution in [2.75, 3.05) is 6.79 Å². The number of aromatic carboxylic acids is 1. The van der Waals surface area contributed by atoms with Crippen molar-refractivity contribution in [2.24, 2.45) is 0 Å². The summed E-state index contributed by atoms with van der Waals surface area (Å²) in [5, 5.41) is 9.45. The third-order valence-corrected chi connectivity index (χ3v) is 5.54. The fourth-order valence-corrected chi connectivity index (χ4v) is 3.97. The van der Waals surface area contributed by atoms with E-state index in [1.54, 1.807) is 6.07 Å². The number of aromatic nitrogens is 2. The second-order valence-corrected chi connectivity index (χ2v) is 7.49. The zero-order valence-electron chi connectivity index (χ0n) is 16.8. The summed E-state index contributed by atoms with van der Waals surface area (Å²) >= 11 is 0. The lowest BCUT2D eigenvalue weighted by Gasteiger charge is -2.20. The number of benzene rings is 3. The standard InChI is InChI=1S/C24H18N2O6/c27-22-17-12-16(23(28)29)7-8-18(17)25-24(30)26(22)19(15-4-2-1-3-5-15)10-14-6-9-20-21(11-14)32-13-31-20/h1-9,11-12,19H,10,13H2,(H,25,30)(H,28,29). The summed E-state index contributed by atoms with van der Waals surface area (Å²) in [5.41, 5.74) is 0.762. The second-order valence-electron chi connectivity index (χ2n) is 7.49. The Balaban J connectivity index is 1.68. The van der Waals surface area contributed by atoms with Crippen LogP contribution in [0.25, 0.3) is 10.9 Å². The first-order chi connectivity index (χ1) is 15.5. The average molecular weight is 430 g/mol. The molecule has 0 spiro atoms. The Morgan fingerprint density at radius 1 is 1.00 bits per heavy atom. The van der Waals surface area contributed by atoms with E-state index in [1.165, 1.54) is 18.2 Å². The number of H-pyrrole nitrogens is 1. The molecule has 0 amide bonds.